The summed E-state index contributed by atoms with van der Waals surface area (Å²) in [7, 11) is 1.58. The highest BCUT2D eigenvalue weighted by atomic mass is 16.5. The predicted octanol–water partition coefficient (Wildman–Crippen LogP) is 0.853. The van der Waals surface area contributed by atoms with E-state index in [4.69, 9.17) is 9.47 Å². The van der Waals surface area contributed by atoms with Crippen molar-refractivity contribution < 1.29 is 19.1 Å². The van der Waals surface area contributed by atoms with E-state index in [-0.39, 0.29) is 17.6 Å². The molecule has 4 aliphatic rings. The highest BCUT2D eigenvalue weighted by molar-refractivity contribution is 6.22. The van der Waals surface area contributed by atoms with Gasteiger partial charge in [-0.2, -0.15) is 9.97 Å². The minimum atomic E-state index is 0.00546. The Kier molecular flexibility index (Phi) is 5.18. The molecule has 0 atom stereocenters. The van der Waals surface area contributed by atoms with Gasteiger partial charge >= 0.3 is 6.01 Å². The molecule has 32 heavy (non-hydrogen) atoms. The van der Waals surface area contributed by atoms with Crippen molar-refractivity contribution in [2.45, 2.75) is 0 Å². The molecule has 1 aromatic heterocycles. The number of benzene rings is 1. The zero-order valence-corrected chi connectivity index (χ0v) is 17.6. The Morgan fingerprint density at radius 1 is 0.812 bits per heavy atom. The number of methoxy groups -OCH3 is 1. The second-order valence-electron chi connectivity index (χ2n) is 7.56. The van der Waals surface area contributed by atoms with E-state index < -0.39 is 0 Å². The van der Waals surface area contributed by atoms with Crippen LogP contribution in [-0.4, -0.2) is 87.6 Å². The summed E-state index contributed by atoms with van der Waals surface area (Å²) < 4.78 is 10.5. The first-order chi connectivity index (χ1) is 15.7. The van der Waals surface area contributed by atoms with E-state index in [1.807, 2.05) is 26.8 Å². The van der Waals surface area contributed by atoms with Gasteiger partial charge in [0, 0.05) is 45.3 Å². The monoisotopic (exact) mass is 434 g/mol. The number of Topliss-reactive ketones (excluding diaryl/α,β-unsaturated/α-hetero) is 1. The van der Waals surface area contributed by atoms with Crippen LogP contribution in [0.1, 0.15) is 0 Å². The topological polar surface area (TPSA) is 100 Å². The fourth-order valence-corrected chi connectivity index (χ4v) is 3.36. The Bertz CT molecular complexity index is 1100. The van der Waals surface area contributed by atoms with E-state index in [0.717, 1.165) is 39.3 Å². The molecule has 6 rings (SSSR count). The summed E-state index contributed by atoms with van der Waals surface area (Å²) in [6, 6.07) is 7.53. The maximum absolute atomic E-state index is 12.4. The molecule has 0 bridgehead atoms. The van der Waals surface area contributed by atoms with E-state index in [9.17, 15) is 9.59 Å². The molecule has 3 aliphatic heterocycles. The number of hydrogen-bond donors (Lipinski definition) is 0. The number of hydrogen-bond acceptors (Lipinski definition) is 10. The normalized spacial score (nSPS) is 18.7. The number of nitrogens with zero attached hydrogens (tertiary/aromatic N) is 6. The summed E-state index contributed by atoms with van der Waals surface area (Å²) >= 11 is 0. The van der Waals surface area contributed by atoms with E-state index in [0.29, 0.717) is 28.6 Å². The molecule has 2 aromatic rings. The smallest absolute Gasteiger partial charge is 0.325 e. The quantitative estimate of drug-likeness (QED) is 0.480. The Hall–Kier alpha value is -3.95. The van der Waals surface area contributed by atoms with Gasteiger partial charge in [0.2, 0.25) is 11.6 Å². The molecule has 0 amide bonds. The summed E-state index contributed by atoms with van der Waals surface area (Å²) in [4.78, 5) is 41.9. The van der Waals surface area contributed by atoms with Gasteiger partial charge in [0.05, 0.1) is 12.8 Å². The Morgan fingerprint density at radius 3 is 2.00 bits per heavy atom. The van der Waals surface area contributed by atoms with Crippen LogP contribution in [0.3, 0.4) is 0 Å². The van der Waals surface area contributed by atoms with Gasteiger partial charge in [-0.15, -0.1) is 0 Å². The van der Waals surface area contributed by atoms with E-state index in [2.05, 4.69) is 15.0 Å². The van der Waals surface area contributed by atoms with Gasteiger partial charge in [-0.3, -0.25) is 9.59 Å². The fraction of sp³-hybridized carbons (Fsp3) is 0.318. The van der Waals surface area contributed by atoms with Crippen molar-refractivity contribution >= 4 is 11.6 Å². The Balaban J connectivity index is 0.000000136. The van der Waals surface area contributed by atoms with Crippen molar-refractivity contribution in [2.75, 3.05) is 46.4 Å². The molecular weight excluding hydrogens is 412 g/mol. The van der Waals surface area contributed by atoms with Gasteiger partial charge in [0.25, 0.3) is 0 Å². The van der Waals surface area contributed by atoms with Crippen LogP contribution in [-0.2, 0) is 9.59 Å². The number of ether oxygens (including phenoxy) is 2. The number of carbonyl (C=O) groups is 2. The first-order valence-corrected chi connectivity index (χ1v) is 10.4. The molecular formula is C22H22N6O4. The zero-order chi connectivity index (χ0) is 22.1. The second-order valence-corrected chi connectivity index (χ2v) is 7.56. The SMILES string of the molecule is COc1ccccc1Oc1ncncn1.O=C1C=C(N2CC2)C(=O)C(N2CC2)=C1N1CC1. The van der Waals surface area contributed by atoms with Crippen LogP contribution in [0.2, 0.25) is 0 Å². The zero-order valence-electron chi connectivity index (χ0n) is 17.6. The molecule has 1 aliphatic carbocycles. The third-order valence-electron chi connectivity index (χ3n) is 5.23. The maximum Gasteiger partial charge on any atom is 0.325 e. The summed E-state index contributed by atoms with van der Waals surface area (Å²) in [5.74, 6) is 1.26. The standard InChI is InChI=1S/C12H13N3O2.C10H9N3O2/c16-9-7-8(13-1-2-13)12(17)11(15-5-6-15)10(9)14-3-4-14;1-14-8-4-2-3-5-9(8)15-10-12-6-11-7-13-10/h7H,1-6H2;2-7H,1H3. The van der Waals surface area contributed by atoms with Crippen molar-refractivity contribution in [3.63, 3.8) is 0 Å². The summed E-state index contributed by atoms with van der Waals surface area (Å²) in [6.45, 7) is 5.41. The number of aromatic nitrogens is 3. The van der Waals surface area contributed by atoms with Crippen LogP contribution in [0.4, 0.5) is 0 Å². The third-order valence-corrected chi connectivity index (χ3v) is 5.23. The van der Waals surface area contributed by atoms with E-state index in [1.165, 1.54) is 18.7 Å². The Morgan fingerprint density at radius 2 is 1.41 bits per heavy atom. The first-order valence-electron chi connectivity index (χ1n) is 10.4. The molecule has 0 radical (unpaired) electrons. The minimum Gasteiger partial charge on any atom is -0.493 e. The molecule has 3 saturated heterocycles. The highest BCUT2D eigenvalue weighted by Crippen LogP contribution is 2.34. The molecule has 0 saturated carbocycles. The fourth-order valence-electron chi connectivity index (χ4n) is 3.36. The van der Waals surface area contributed by atoms with E-state index in [1.54, 1.807) is 19.2 Å². The lowest BCUT2D eigenvalue weighted by Crippen LogP contribution is -2.29. The molecule has 0 spiro atoms. The van der Waals surface area contributed by atoms with Crippen LogP contribution in [0.25, 0.3) is 0 Å². The molecule has 10 heteroatoms. The van der Waals surface area contributed by atoms with Crippen LogP contribution >= 0.6 is 0 Å². The van der Waals surface area contributed by atoms with Crippen molar-refractivity contribution in [1.82, 2.24) is 29.7 Å². The van der Waals surface area contributed by atoms with Gasteiger partial charge in [-0.25, -0.2) is 4.98 Å². The van der Waals surface area contributed by atoms with Crippen LogP contribution in [0.15, 0.2) is 60.1 Å². The lowest BCUT2D eigenvalue weighted by atomic mass is 10.0. The van der Waals surface area contributed by atoms with Crippen LogP contribution in [0.5, 0.6) is 17.5 Å². The number of rotatable bonds is 6. The molecule has 3 fully saturated rings. The predicted molar refractivity (Wildman–Crippen MR) is 113 cm³/mol. The molecule has 0 unspecified atom stereocenters. The average molecular weight is 434 g/mol. The summed E-state index contributed by atoms with van der Waals surface area (Å²) in [5, 5.41) is 0. The van der Waals surface area contributed by atoms with E-state index >= 15 is 0 Å². The molecule has 164 valence electrons. The molecule has 0 N–H and O–H groups in total. The van der Waals surface area contributed by atoms with Crippen LogP contribution in [0, 0.1) is 0 Å². The lowest BCUT2D eigenvalue weighted by Gasteiger charge is -2.21. The van der Waals surface area contributed by atoms with Gasteiger partial charge in [-0.1, -0.05) is 12.1 Å². The number of para-hydroxylation sites is 2. The molecule has 4 heterocycles. The first kappa shape index (κ1) is 20.0. The van der Waals surface area contributed by atoms with Crippen molar-refractivity contribution in [2.24, 2.45) is 0 Å². The van der Waals surface area contributed by atoms with Gasteiger partial charge in [0.15, 0.2) is 11.5 Å². The maximum atomic E-state index is 12.4. The van der Waals surface area contributed by atoms with Crippen molar-refractivity contribution in [1.29, 1.82) is 0 Å². The molecule has 1 aromatic carbocycles. The Labute approximate surface area is 184 Å². The lowest BCUT2D eigenvalue weighted by molar-refractivity contribution is -0.117. The minimum absolute atomic E-state index is 0.00546. The number of allylic oxidation sites excluding steroid dienone is 1. The van der Waals surface area contributed by atoms with Gasteiger partial charge in [-0.05, 0) is 12.1 Å². The average Bonchev–Trinajstić information content (AvgIpc) is 3.64. The third kappa shape index (κ3) is 4.25. The second kappa shape index (κ2) is 8.29. The van der Waals surface area contributed by atoms with Gasteiger partial charge in [0.1, 0.15) is 24.0 Å². The summed E-state index contributed by atoms with van der Waals surface area (Å²) in [5.41, 5.74) is 1.89. The summed E-state index contributed by atoms with van der Waals surface area (Å²) in [6.07, 6.45) is 4.27. The van der Waals surface area contributed by atoms with Crippen LogP contribution < -0.4 is 9.47 Å². The highest BCUT2D eigenvalue weighted by Gasteiger charge is 2.43. The molecule has 10 nitrogen and oxygen atoms in total. The van der Waals surface area contributed by atoms with Crippen molar-refractivity contribution in [3.05, 3.63) is 60.1 Å². The largest absolute Gasteiger partial charge is 0.493 e. The number of ketones is 2. The van der Waals surface area contributed by atoms with Gasteiger partial charge < -0.3 is 24.2 Å². The van der Waals surface area contributed by atoms with Crippen molar-refractivity contribution in [3.8, 4) is 17.5 Å². The number of carbonyl (C=O) groups excluding carboxylic acids is 2.